The summed E-state index contributed by atoms with van der Waals surface area (Å²) >= 11 is 0. The molecule has 12 nitrogen and oxygen atoms in total. The van der Waals surface area contributed by atoms with Crippen LogP contribution >= 0.6 is 0 Å². The molecule has 1 aliphatic carbocycles. The first-order valence-corrected chi connectivity index (χ1v) is 16.8. The number of ether oxygens (including phenoxy) is 1. The van der Waals surface area contributed by atoms with Gasteiger partial charge < -0.3 is 30.9 Å². The van der Waals surface area contributed by atoms with Crippen LogP contribution in [0.5, 0.6) is 0 Å². The molecule has 2 fully saturated rings. The van der Waals surface area contributed by atoms with Crippen molar-refractivity contribution in [3.8, 4) is 0 Å². The third-order valence-electron chi connectivity index (χ3n) is 8.39. The highest BCUT2D eigenvalue weighted by Crippen LogP contribution is 2.24. The number of carbonyl (C=O) groups is 6. The van der Waals surface area contributed by atoms with Crippen LogP contribution in [0.2, 0.25) is 0 Å². The molecule has 5 amide bonds. The van der Waals surface area contributed by atoms with E-state index in [9.17, 15) is 28.8 Å². The zero-order valence-corrected chi connectivity index (χ0v) is 28.6. The van der Waals surface area contributed by atoms with Crippen LogP contribution in [0.25, 0.3) is 0 Å². The number of hydrogen-bond donors (Lipinski definition) is 4. The summed E-state index contributed by atoms with van der Waals surface area (Å²) < 4.78 is 5.28. The van der Waals surface area contributed by atoms with Crippen LogP contribution in [-0.4, -0.2) is 83.8 Å². The summed E-state index contributed by atoms with van der Waals surface area (Å²) in [4.78, 5) is 80.2. The Morgan fingerprint density at radius 3 is 1.93 bits per heavy atom. The Hall–Kier alpha value is -3.18. The van der Waals surface area contributed by atoms with Crippen LogP contribution in [0.1, 0.15) is 107 Å². The van der Waals surface area contributed by atoms with Gasteiger partial charge in [-0.25, -0.2) is 0 Å². The maximum absolute atomic E-state index is 13.7. The Kier molecular flexibility index (Phi) is 15.3. The highest BCUT2D eigenvalue weighted by molar-refractivity contribution is 5.96. The van der Waals surface area contributed by atoms with E-state index in [0.717, 1.165) is 25.7 Å². The van der Waals surface area contributed by atoms with Gasteiger partial charge in [0.05, 0.1) is 6.61 Å². The molecule has 1 aliphatic heterocycles. The number of hydrogen-bond acceptors (Lipinski definition) is 7. The summed E-state index contributed by atoms with van der Waals surface area (Å²) in [5.41, 5.74) is 0. The Balaban J connectivity index is 2.19. The first kappa shape index (κ1) is 38.0. The minimum absolute atomic E-state index is 0.0243. The molecule has 4 N–H and O–H groups in total. The lowest BCUT2D eigenvalue weighted by Crippen LogP contribution is -2.59. The molecular weight excluding hydrogens is 578 g/mol. The molecule has 5 unspecified atom stereocenters. The quantitative estimate of drug-likeness (QED) is 0.178. The fourth-order valence-corrected chi connectivity index (χ4v) is 5.80. The molecule has 1 saturated heterocycles. The highest BCUT2D eigenvalue weighted by atomic mass is 16.5. The van der Waals surface area contributed by atoms with Gasteiger partial charge in [0.1, 0.15) is 24.2 Å². The zero-order chi connectivity index (χ0) is 33.8. The third-order valence-corrected chi connectivity index (χ3v) is 8.39. The van der Waals surface area contributed by atoms with E-state index in [-0.39, 0.29) is 61.0 Å². The molecule has 0 aromatic carbocycles. The molecule has 0 radical (unpaired) electrons. The minimum atomic E-state index is -1.16. The van der Waals surface area contributed by atoms with Gasteiger partial charge >= 0.3 is 5.97 Å². The number of esters is 1. The molecular formula is C33H57N5O7. The average Bonchev–Trinajstić information content (AvgIpc) is 3.58. The normalized spacial score (nSPS) is 19.8. The van der Waals surface area contributed by atoms with Crippen molar-refractivity contribution >= 4 is 35.5 Å². The molecule has 2 aliphatic rings. The summed E-state index contributed by atoms with van der Waals surface area (Å²) in [5, 5.41) is 11.3. The van der Waals surface area contributed by atoms with Gasteiger partial charge in [-0.3, -0.25) is 28.8 Å². The Morgan fingerprint density at radius 2 is 1.40 bits per heavy atom. The molecule has 256 valence electrons. The number of rotatable bonds is 17. The van der Waals surface area contributed by atoms with Crippen molar-refractivity contribution in [2.24, 2.45) is 23.7 Å². The van der Waals surface area contributed by atoms with E-state index in [1.807, 2.05) is 48.5 Å². The standard InChI is InChI=1S/C33H57N5O7/c1-19(2)17-26(31(42)34-23(8)29(40)35-24-11-9-10-12-24)37-30(41)25(13-14-27(39)45-18-20(3)4)36-32(43)28(21(5)6)38-16-15-22(7)33(38)44/h19-26,28H,9-18H2,1-8H3,(H,34,42)(H,35,40)(H,36,43)(H,37,41). The first-order valence-electron chi connectivity index (χ1n) is 16.8. The summed E-state index contributed by atoms with van der Waals surface area (Å²) in [5.74, 6) is -2.78. The molecule has 1 saturated carbocycles. The molecule has 0 spiro atoms. The zero-order valence-electron chi connectivity index (χ0n) is 28.6. The van der Waals surface area contributed by atoms with Crippen LogP contribution in [0, 0.1) is 23.7 Å². The summed E-state index contributed by atoms with van der Waals surface area (Å²) in [7, 11) is 0. The lowest BCUT2D eigenvalue weighted by Gasteiger charge is -2.32. The van der Waals surface area contributed by atoms with Crippen molar-refractivity contribution in [2.45, 2.75) is 137 Å². The molecule has 5 atom stereocenters. The topological polar surface area (TPSA) is 163 Å². The van der Waals surface area contributed by atoms with Crippen molar-refractivity contribution in [1.82, 2.24) is 26.2 Å². The second kappa shape index (κ2) is 18.1. The Bertz CT molecular complexity index is 1040. The molecule has 1 heterocycles. The monoisotopic (exact) mass is 635 g/mol. The van der Waals surface area contributed by atoms with E-state index >= 15 is 0 Å². The molecule has 12 heteroatoms. The number of nitrogens with one attached hydrogen (secondary N) is 4. The van der Waals surface area contributed by atoms with Gasteiger partial charge in [0.25, 0.3) is 0 Å². The lowest BCUT2D eigenvalue weighted by molar-refractivity contribution is -0.145. The third kappa shape index (κ3) is 12.3. The van der Waals surface area contributed by atoms with Gasteiger partial charge in [-0.1, -0.05) is 61.3 Å². The first-order chi connectivity index (χ1) is 21.1. The van der Waals surface area contributed by atoms with Crippen molar-refractivity contribution in [3.05, 3.63) is 0 Å². The molecule has 0 aromatic heterocycles. The second-order valence-electron chi connectivity index (χ2n) is 14.0. The molecule has 0 aromatic rings. The minimum Gasteiger partial charge on any atom is -0.465 e. The second-order valence-corrected chi connectivity index (χ2v) is 14.0. The number of carbonyl (C=O) groups excluding carboxylic acids is 6. The van der Waals surface area contributed by atoms with Crippen LogP contribution < -0.4 is 21.3 Å². The van der Waals surface area contributed by atoms with Gasteiger partial charge in [-0.15, -0.1) is 0 Å². The summed E-state index contributed by atoms with van der Waals surface area (Å²) in [6, 6.07) is -3.63. The average molecular weight is 636 g/mol. The number of nitrogens with zero attached hydrogens (tertiary/aromatic N) is 1. The van der Waals surface area contributed by atoms with Crippen LogP contribution in [0.15, 0.2) is 0 Å². The van der Waals surface area contributed by atoms with E-state index in [4.69, 9.17) is 4.74 Å². The fraction of sp³-hybridized carbons (Fsp3) is 0.818. The molecule has 45 heavy (non-hydrogen) atoms. The van der Waals surface area contributed by atoms with Gasteiger partial charge in [-0.2, -0.15) is 0 Å². The van der Waals surface area contributed by atoms with E-state index in [2.05, 4.69) is 21.3 Å². The summed E-state index contributed by atoms with van der Waals surface area (Å²) in [6.07, 6.45) is 4.71. The maximum Gasteiger partial charge on any atom is 0.305 e. The van der Waals surface area contributed by atoms with Crippen molar-refractivity contribution < 1.29 is 33.5 Å². The Labute approximate surface area is 268 Å². The van der Waals surface area contributed by atoms with E-state index in [1.54, 1.807) is 11.8 Å². The van der Waals surface area contributed by atoms with Crippen molar-refractivity contribution in [1.29, 1.82) is 0 Å². The predicted octanol–water partition coefficient (Wildman–Crippen LogP) is 2.44. The predicted molar refractivity (Wildman–Crippen MR) is 170 cm³/mol. The number of likely N-dealkylation sites (tertiary alicyclic amines) is 1. The van der Waals surface area contributed by atoms with Gasteiger partial charge in [0.15, 0.2) is 0 Å². The van der Waals surface area contributed by atoms with E-state index in [1.165, 1.54) is 0 Å². The fourth-order valence-electron chi connectivity index (χ4n) is 5.80. The van der Waals surface area contributed by atoms with E-state index in [0.29, 0.717) is 19.4 Å². The molecule has 2 rings (SSSR count). The highest BCUT2D eigenvalue weighted by Gasteiger charge is 2.40. The summed E-state index contributed by atoms with van der Waals surface area (Å²) in [6.45, 7) is 15.4. The van der Waals surface area contributed by atoms with E-state index < -0.39 is 47.9 Å². The smallest absolute Gasteiger partial charge is 0.305 e. The van der Waals surface area contributed by atoms with Gasteiger partial charge in [-0.05, 0) is 56.8 Å². The number of amides is 5. The Morgan fingerprint density at radius 1 is 0.800 bits per heavy atom. The van der Waals surface area contributed by atoms with Gasteiger partial charge in [0, 0.05) is 24.9 Å². The van der Waals surface area contributed by atoms with Crippen LogP contribution in [0.3, 0.4) is 0 Å². The lowest BCUT2D eigenvalue weighted by atomic mass is 9.99. The van der Waals surface area contributed by atoms with Crippen molar-refractivity contribution in [3.63, 3.8) is 0 Å². The van der Waals surface area contributed by atoms with Crippen molar-refractivity contribution in [2.75, 3.05) is 13.2 Å². The van der Waals surface area contributed by atoms with Crippen LogP contribution in [-0.2, 0) is 33.5 Å². The largest absolute Gasteiger partial charge is 0.465 e. The van der Waals surface area contributed by atoms with Crippen LogP contribution in [0.4, 0.5) is 0 Å². The SMILES string of the molecule is CC(C)COC(=O)CCC(NC(=O)C(C(C)C)N1CCC(C)C1=O)C(=O)NC(CC(C)C)C(=O)NC(C)C(=O)NC1CCCC1. The maximum atomic E-state index is 13.7. The molecule has 0 bridgehead atoms. The van der Waals surface area contributed by atoms with Gasteiger partial charge in [0.2, 0.25) is 29.5 Å².